The lowest BCUT2D eigenvalue weighted by Crippen LogP contribution is -1.68. The van der Waals surface area contributed by atoms with Gasteiger partial charge in [0.2, 0.25) is 0 Å². The summed E-state index contributed by atoms with van der Waals surface area (Å²) in [4.78, 5) is 23.8. The van der Waals surface area contributed by atoms with E-state index >= 15 is 0 Å². The Morgan fingerprint density at radius 3 is 1.71 bits per heavy atom. The van der Waals surface area contributed by atoms with E-state index in [1.807, 2.05) is 0 Å². The summed E-state index contributed by atoms with van der Waals surface area (Å²) < 4.78 is 3.81. The van der Waals surface area contributed by atoms with E-state index in [1.165, 1.54) is 0 Å². The van der Waals surface area contributed by atoms with Crippen LogP contribution < -0.4 is 0 Å². The Hall–Kier alpha value is 0.990. The lowest BCUT2D eigenvalue weighted by Gasteiger charge is -1.99. The second kappa shape index (κ2) is 3.93. The van der Waals surface area contributed by atoms with Crippen molar-refractivity contribution < 1.29 is 19.0 Å². The molecule has 0 aliphatic carbocycles. The summed E-state index contributed by atoms with van der Waals surface area (Å²) in [6.07, 6.45) is 0. The third kappa shape index (κ3) is 6.99. The molecule has 0 aromatic rings. The average Bonchev–Trinajstić information content (AvgIpc) is 1.27. The van der Waals surface area contributed by atoms with Gasteiger partial charge in [-0.1, -0.05) is 0 Å². The standard InChI is InChI=1S/ClH3O4P2/c1-6(2)5-7(3)4/h2-4H. The van der Waals surface area contributed by atoms with Gasteiger partial charge in [-0.05, 0) is 11.2 Å². The molecule has 1 unspecified atom stereocenters. The zero-order chi connectivity index (χ0) is 5.86. The summed E-state index contributed by atoms with van der Waals surface area (Å²) in [5.74, 6) is 0. The topological polar surface area (TPSA) is 69.9 Å². The smallest absolute Gasteiger partial charge is 0.333 e. The quantitative estimate of drug-likeness (QED) is 0.525. The molecule has 0 saturated heterocycles. The van der Waals surface area contributed by atoms with Gasteiger partial charge in [-0.25, -0.2) is 4.31 Å². The van der Waals surface area contributed by atoms with Crippen molar-refractivity contribution in [1.29, 1.82) is 0 Å². The van der Waals surface area contributed by atoms with Crippen molar-refractivity contribution in [1.82, 2.24) is 0 Å². The molecule has 0 spiro atoms. The van der Waals surface area contributed by atoms with E-state index in [-0.39, 0.29) is 0 Å². The summed E-state index contributed by atoms with van der Waals surface area (Å²) in [5.41, 5.74) is 0. The summed E-state index contributed by atoms with van der Waals surface area (Å²) in [7, 11) is -4.63. The van der Waals surface area contributed by atoms with Crippen LogP contribution in [0, 0.1) is 0 Å². The highest BCUT2D eigenvalue weighted by molar-refractivity contribution is 7.78. The van der Waals surface area contributed by atoms with Crippen molar-refractivity contribution >= 4 is 27.6 Å². The Morgan fingerprint density at radius 2 is 1.71 bits per heavy atom. The number of rotatable bonds is 2. The van der Waals surface area contributed by atoms with Gasteiger partial charge in [0.1, 0.15) is 0 Å². The van der Waals surface area contributed by atoms with E-state index in [9.17, 15) is 0 Å². The van der Waals surface area contributed by atoms with Gasteiger partial charge in [0, 0.05) is 0 Å². The van der Waals surface area contributed by atoms with Crippen molar-refractivity contribution in [2.24, 2.45) is 0 Å². The highest BCUT2D eigenvalue weighted by Gasteiger charge is 2.05. The molecule has 7 heteroatoms. The van der Waals surface area contributed by atoms with Crippen LogP contribution in [0.2, 0.25) is 0 Å². The molecular formula is H3ClO4P2. The van der Waals surface area contributed by atoms with Crippen LogP contribution in [0.3, 0.4) is 0 Å². The van der Waals surface area contributed by atoms with Crippen LogP contribution in [-0.4, -0.2) is 14.7 Å². The molecule has 44 valence electrons. The molecule has 0 aliphatic rings. The van der Waals surface area contributed by atoms with Gasteiger partial charge in [-0.3, -0.25) is 0 Å². The summed E-state index contributed by atoms with van der Waals surface area (Å²) in [6.45, 7) is 0. The SMILES string of the molecule is OP(O)OP(O)Cl. The normalized spacial score (nSPS) is 15.0. The molecule has 0 aliphatic heterocycles. The van der Waals surface area contributed by atoms with Crippen LogP contribution in [0.5, 0.6) is 0 Å². The van der Waals surface area contributed by atoms with E-state index < -0.39 is 16.3 Å². The van der Waals surface area contributed by atoms with Gasteiger partial charge in [0.05, 0.1) is 0 Å². The molecule has 1 atom stereocenters. The van der Waals surface area contributed by atoms with Gasteiger partial charge in [0.25, 0.3) is 7.73 Å². The van der Waals surface area contributed by atoms with E-state index in [4.69, 9.17) is 25.9 Å². The van der Waals surface area contributed by atoms with E-state index in [2.05, 4.69) is 4.31 Å². The van der Waals surface area contributed by atoms with Gasteiger partial charge in [-0.2, -0.15) is 0 Å². The van der Waals surface area contributed by atoms with Gasteiger partial charge in [0.15, 0.2) is 0 Å². The number of hydrogen-bond donors (Lipinski definition) is 3. The maximum Gasteiger partial charge on any atom is 0.333 e. The molecule has 7 heavy (non-hydrogen) atoms. The van der Waals surface area contributed by atoms with Crippen molar-refractivity contribution in [3.63, 3.8) is 0 Å². The lowest BCUT2D eigenvalue weighted by molar-refractivity contribution is 0.375. The highest BCUT2D eigenvalue weighted by atomic mass is 35.7. The Bertz CT molecular complexity index is 39.0. The maximum absolute atomic E-state index is 8.03. The predicted octanol–water partition coefficient (Wildman–Crippen LogP) is 0.672. The van der Waals surface area contributed by atoms with Crippen LogP contribution in [0.1, 0.15) is 0 Å². The minimum absolute atomic E-state index is 2.14. The van der Waals surface area contributed by atoms with Crippen LogP contribution >= 0.6 is 27.6 Å². The molecule has 0 heterocycles. The Kier molecular flexibility index (Phi) is 4.48. The largest absolute Gasteiger partial charge is 0.338 e. The average molecular weight is 164 g/mol. The lowest BCUT2D eigenvalue weighted by atomic mass is 15.8. The molecule has 3 N–H and O–H groups in total. The van der Waals surface area contributed by atoms with E-state index in [1.54, 1.807) is 0 Å². The summed E-state index contributed by atoms with van der Waals surface area (Å²) in [5, 5.41) is 0. The Balaban J connectivity index is 2.95. The minimum Gasteiger partial charge on any atom is -0.338 e. The predicted molar refractivity (Wildman–Crippen MR) is 27.4 cm³/mol. The number of halogens is 1. The molecular weight excluding hydrogens is 161 g/mol. The van der Waals surface area contributed by atoms with Gasteiger partial charge >= 0.3 is 8.60 Å². The first-order valence-electron chi connectivity index (χ1n) is 1.13. The van der Waals surface area contributed by atoms with Crippen molar-refractivity contribution in [3.8, 4) is 0 Å². The van der Waals surface area contributed by atoms with Gasteiger partial charge < -0.3 is 14.7 Å². The molecule has 0 amide bonds. The Morgan fingerprint density at radius 1 is 1.29 bits per heavy atom. The Labute approximate surface area is 47.4 Å². The van der Waals surface area contributed by atoms with Crippen molar-refractivity contribution in [2.75, 3.05) is 0 Å². The molecule has 0 rings (SSSR count). The van der Waals surface area contributed by atoms with Crippen LogP contribution in [-0.2, 0) is 4.31 Å². The molecule has 0 radical (unpaired) electrons. The van der Waals surface area contributed by atoms with E-state index in [0.717, 1.165) is 0 Å². The molecule has 0 saturated carbocycles. The van der Waals surface area contributed by atoms with Crippen molar-refractivity contribution in [3.05, 3.63) is 0 Å². The first-order chi connectivity index (χ1) is 3.13. The summed E-state index contributed by atoms with van der Waals surface area (Å²) in [6, 6.07) is 0. The molecule has 0 aromatic carbocycles. The first-order valence-corrected chi connectivity index (χ1v) is 4.42. The fraction of sp³-hybridized carbons (Fsp3) is 0. The fourth-order valence-corrected chi connectivity index (χ4v) is 1.04. The maximum atomic E-state index is 8.03. The zero-order valence-electron chi connectivity index (χ0n) is 3.02. The van der Waals surface area contributed by atoms with Crippen LogP contribution in [0.4, 0.5) is 0 Å². The molecule has 0 aromatic heterocycles. The zero-order valence-corrected chi connectivity index (χ0v) is 5.57. The minimum atomic E-state index is -2.49. The van der Waals surface area contributed by atoms with Crippen LogP contribution in [0.15, 0.2) is 0 Å². The number of hydrogen-bond acceptors (Lipinski definition) is 4. The molecule has 4 nitrogen and oxygen atoms in total. The van der Waals surface area contributed by atoms with Crippen LogP contribution in [0.25, 0.3) is 0 Å². The monoisotopic (exact) mass is 164 g/mol. The van der Waals surface area contributed by atoms with E-state index in [0.29, 0.717) is 0 Å². The third-order valence-electron chi connectivity index (χ3n) is 0.140. The molecule has 0 bridgehead atoms. The van der Waals surface area contributed by atoms with Gasteiger partial charge in [-0.15, -0.1) is 0 Å². The fourth-order valence-electron chi connectivity index (χ4n) is 0.0603. The highest BCUT2D eigenvalue weighted by Crippen LogP contribution is 2.48. The second-order valence-electron chi connectivity index (χ2n) is 0.561. The van der Waals surface area contributed by atoms with Crippen molar-refractivity contribution in [2.45, 2.75) is 0 Å². The summed E-state index contributed by atoms with van der Waals surface area (Å²) >= 11 is 4.77. The third-order valence-corrected chi connectivity index (χ3v) is 1.82. The molecule has 0 fully saturated rings. The second-order valence-corrected chi connectivity index (χ2v) is 3.04. The first kappa shape index (κ1) is 7.99.